The third kappa shape index (κ3) is 2.97. The summed E-state index contributed by atoms with van der Waals surface area (Å²) in [7, 11) is 3.95. The van der Waals surface area contributed by atoms with Gasteiger partial charge in [0.2, 0.25) is 5.78 Å². The number of benzene rings is 1. The number of halogens is 1. The fraction of sp³-hybridized carbons (Fsp3) is 0.400. The summed E-state index contributed by atoms with van der Waals surface area (Å²) >= 11 is 6.09. The van der Waals surface area contributed by atoms with Crippen LogP contribution in [-0.4, -0.2) is 54.7 Å². The molecule has 0 N–H and O–H groups in total. The summed E-state index contributed by atoms with van der Waals surface area (Å²) in [4.78, 5) is 30.8. The minimum atomic E-state index is -0.961. The molecule has 1 aliphatic carbocycles. The lowest BCUT2D eigenvalue weighted by molar-refractivity contribution is 0.0967. The highest BCUT2D eigenvalue weighted by atomic mass is 35.5. The van der Waals surface area contributed by atoms with Crippen LogP contribution in [-0.2, 0) is 0 Å². The summed E-state index contributed by atoms with van der Waals surface area (Å²) in [5.74, 6) is -0.474. The molecule has 0 radical (unpaired) electrons. The van der Waals surface area contributed by atoms with E-state index in [9.17, 15) is 9.59 Å². The number of alkyl halides is 1. The molecule has 1 aliphatic rings. The van der Waals surface area contributed by atoms with Crippen molar-refractivity contribution in [1.82, 2.24) is 4.90 Å². The number of aliphatic imine (C=N–C) groups is 1. The maximum atomic E-state index is 12.3. The van der Waals surface area contributed by atoms with Gasteiger partial charge in [-0.1, -0.05) is 24.3 Å². The summed E-state index contributed by atoms with van der Waals surface area (Å²) < 4.78 is 0. The van der Waals surface area contributed by atoms with E-state index in [0.29, 0.717) is 17.7 Å². The van der Waals surface area contributed by atoms with Crippen LogP contribution in [0, 0.1) is 0 Å². The Labute approximate surface area is 123 Å². The van der Waals surface area contributed by atoms with Crippen LogP contribution in [0.25, 0.3) is 0 Å². The number of rotatable bonds is 4. The van der Waals surface area contributed by atoms with E-state index in [1.54, 1.807) is 24.3 Å². The van der Waals surface area contributed by atoms with Gasteiger partial charge in [0, 0.05) is 17.7 Å². The maximum absolute atomic E-state index is 12.3. The van der Waals surface area contributed by atoms with Crippen molar-refractivity contribution in [3.63, 3.8) is 0 Å². The number of hydrogen-bond acceptors (Lipinski definition) is 4. The van der Waals surface area contributed by atoms with Gasteiger partial charge in [0.25, 0.3) is 0 Å². The molecule has 0 spiro atoms. The zero-order valence-electron chi connectivity index (χ0n) is 11.6. The first-order chi connectivity index (χ1) is 9.52. The Morgan fingerprint density at radius 2 is 1.85 bits per heavy atom. The summed E-state index contributed by atoms with van der Waals surface area (Å²) in [5, 5.41) is -0.961. The average molecular weight is 293 g/mol. The second-order valence-corrected chi connectivity index (χ2v) is 5.46. The molecule has 1 aromatic carbocycles. The first-order valence-electron chi connectivity index (χ1n) is 6.53. The molecule has 4 nitrogen and oxygen atoms in total. The van der Waals surface area contributed by atoms with Gasteiger partial charge in [0.15, 0.2) is 5.78 Å². The molecule has 0 amide bonds. The lowest BCUT2D eigenvalue weighted by Crippen LogP contribution is -2.38. The first kappa shape index (κ1) is 14.9. The van der Waals surface area contributed by atoms with E-state index < -0.39 is 5.38 Å². The van der Waals surface area contributed by atoms with Gasteiger partial charge >= 0.3 is 0 Å². The molecular formula is C15H17ClN2O2. The molecule has 0 fully saturated rings. The van der Waals surface area contributed by atoms with E-state index in [0.717, 1.165) is 13.0 Å². The van der Waals surface area contributed by atoms with E-state index in [1.165, 1.54) is 0 Å². The monoisotopic (exact) mass is 292 g/mol. The molecule has 2 rings (SSSR count). The second kappa shape index (κ2) is 6.29. The molecule has 0 aromatic heterocycles. The van der Waals surface area contributed by atoms with Crippen LogP contribution in [0.2, 0.25) is 0 Å². The first-order valence-corrected chi connectivity index (χ1v) is 6.97. The predicted octanol–water partition coefficient (Wildman–Crippen LogP) is 2.07. The largest absolute Gasteiger partial charge is 0.309 e. The number of Topliss-reactive ketones (excluding diaryl/α,β-unsaturated/α-hetero) is 2. The summed E-state index contributed by atoms with van der Waals surface area (Å²) in [6.07, 6.45) is 0.823. The van der Waals surface area contributed by atoms with Gasteiger partial charge in [-0.15, -0.1) is 11.6 Å². The normalized spacial score (nSPS) is 20.6. The quantitative estimate of drug-likeness (QED) is 0.630. The number of carbonyl (C=O) groups is 2. The highest BCUT2D eigenvalue weighted by molar-refractivity contribution is 6.64. The van der Waals surface area contributed by atoms with Gasteiger partial charge < -0.3 is 4.90 Å². The van der Waals surface area contributed by atoms with Gasteiger partial charge in [-0.05, 0) is 27.1 Å². The molecule has 0 unspecified atom stereocenters. The minimum absolute atomic E-state index is 0.175. The van der Waals surface area contributed by atoms with Crippen molar-refractivity contribution in [2.75, 3.05) is 27.2 Å². The van der Waals surface area contributed by atoms with Crippen LogP contribution in [0.15, 0.2) is 29.3 Å². The summed E-state index contributed by atoms with van der Waals surface area (Å²) in [6, 6.07) is 6.75. The minimum Gasteiger partial charge on any atom is -0.309 e. The molecule has 1 atom stereocenters. The number of nitrogens with zero attached hydrogens (tertiary/aromatic N) is 2. The molecule has 0 heterocycles. The number of hydrogen-bond donors (Lipinski definition) is 0. The average Bonchev–Trinajstić information content (AvgIpc) is 2.44. The number of carbonyl (C=O) groups excluding carboxylic acids is 2. The van der Waals surface area contributed by atoms with Gasteiger partial charge in [-0.3, -0.25) is 14.6 Å². The molecular weight excluding hydrogens is 276 g/mol. The van der Waals surface area contributed by atoms with E-state index in [1.807, 2.05) is 19.0 Å². The fourth-order valence-electron chi connectivity index (χ4n) is 2.15. The van der Waals surface area contributed by atoms with Crippen molar-refractivity contribution < 1.29 is 9.59 Å². The Kier molecular flexibility index (Phi) is 4.68. The Hall–Kier alpha value is -1.52. The summed E-state index contributed by atoms with van der Waals surface area (Å²) in [5.41, 5.74) is 0.972. The van der Waals surface area contributed by atoms with Crippen LogP contribution in [0.5, 0.6) is 0 Å². The third-order valence-electron chi connectivity index (χ3n) is 3.19. The van der Waals surface area contributed by atoms with Crippen molar-refractivity contribution in [3.8, 4) is 0 Å². The topological polar surface area (TPSA) is 49.7 Å². The van der Waals surface area contributed by atoms with E-state index in [-0.39, 0.29) is 17.3 Å². The zero-order valence-corrected chi connectivity index (χ0v) is 12.4. The number of fused-ring (bicyclic) bond motifs is 1. The third-order valence-corrected chi connectivity index (χ3v) is 3.59. The molecule has 1 aromatic rings. The van der Waals surface area contributed by atoms with Gasteiger partial charge in [0.05, 0.1) is 0 Å². The van der Waals surface area contributed by atoms with Gasteiger partial charge in [-0.25, -0.2) is 0 Å². The van der Waals surface area contributed by atoms with E-state index in [4.69, 9.17) is 11.6 Å². The van der Waals surface area contributed by atoms with Crippen molar-refractivity contribution in [2.45, 2.75) is 11.8 Å². The highest BCUT2D eigenvalue weighted by Crippen LogP contribution is 2.23. The molecule has 0 saturated heterocycles. The second-order valence-electron chi connectivity index (χ2n) is 5.03. The fourth-order valence-corrected chi connectivity index (χ4v) is 2.43. The standard InChI is InChI=1S/C15H17ClN2O2/c1-18(2)9-5-8-17-13-12(16)14(19)10-6-3-4-7-11(10)15(13)20/h3-4,6-7,12H,5,8-9H2,1-2H3/t12-/m1/s1. The van der Waals surface area contributed by atoms with Crippen LogP contribution in [0.4, 0.5) is 0 Å². The zero-order chi connectivity index (χ0) is 14.7. The SMILES string of the molecule is CN(C)CCCN=C1C(=O)c2ccccc2C(=O)[C@@H]1Cl. The Balaban J connectivity index is 2.21. The van der Waals surface area contributed by atoms with Gasteiger partial charge in [0.1, 0.15) is 11.1 Å². The molecule has 0 saturated carbocycles. The van der Waals surface area contributed by atoms with Crippen molar-refractivity contribution in [1.29, 1.82) is 0 Å². The Bertz CT molecular complexity index is 567. The maximum Gasteiger partial charge on any atom is 0.209 e. The van der Waals surface area contributed by atoms with Crippen molar-refractivity contribution in [2.24, 2.45) is 4.99 Å². The lowest BCUT2D eigenvalue weighted by Gasteiger charge is -2.19. The smallest absolute Gasteiger partial charge is 0.209 e. The van der Waals surface area contributed by atoms with Crippen molar-refractivity contribution in [3.05, 3.63) is 35.4 Å². The number of ketones is 2. The Morgan fingerprint density at radius 3 is 2.50 bits per heavy atom. The van der Waals surface area contributed by atoms with Crippen LogP contribution in [0.3, 0.4) is 0 Å². The molecule has 5 heteroatoms. The van der Waals surface area contributed by atoms with E-state index in [2.05, 4.69) is 4.99 Å². The highest BCUT2D eigenvalue weighted by Gasteiger charge is 2.36. The van der Waals surface area contributed by atoms with E-state index >= 15 is 0 Å². The Morgan fingerprint density at radius 1 is 1.20 bits per heavy atom. The lowest BCUT2D eigenvalue weighted by atomic mass is 9.88. The van der Waals surface area contributed by atoms with Crippen LogP contribution in [0.1, 0.15) is 27.1 Å². The van der Waals surface area contributed by atoms with Gasteiger partial charge in [-0.2, -0.15) is 0 Å². The molecule has 20 heavy (non-hydrogen) atoms. The van der Waals surface area contributed by atoms with Crippen molar-refractivity contribution >= 4 is 28.9 Å². The van der Waals surface area contributed by atoms with Crippen LogP contribution >= 0.6 is 11.6 Å². The molecule has 0 bridgehead atoms. The molecule has 0 aliphatic heterocycles. The predicted molar refractivity (Wildman–Crippen MR) is 80.2 cm³/mol. The molecule has 106 valence electrons. The summed E-state index contributed by atoms with van der Waals surface area (Å²) in [6.45, 7) is 1.38. The van der Waals surface area contributed by atoms with Crippen LogP contribution < -0.4 is 0 Å².